The molecule has 48 heavy (non-hydrogen) atoms. The number of amides is 1. The summed E-state index contributed by atoms with van der Waals surface area (Å²) in [5.41, 5.74) is 3.58. The molecule has 5 aromatic rings. The van der Waals surface area contributed by atoms with E-state index in [4.69, 9.17) is 16.3 Å². The Labute approximate surface area is 288 Å². The number of halogens is 4. The third-order valence-electron chi connectivity index (χ3n) is 7.88. The lowest BCUT2D eigenvalue weighted by molar-refractivity contribution is -0.137. The van der Waals surface area contributed by atoms with Crippen molar-refractivity contribution in [2.75, 3.05) is 19.7 Å². The van der Waals surface area contributed by atoms with Crippen molar-refractivity contribution in [2.24, 2.45) is 0 Å². The molecular weight excluding hydrogens is 655 g/mol. The van der Waals surface area contributed by atoms with Gasteiger partial charge in [-0.05, 0) is 53.8 Å². The maximum atomic E-state index is 13.7. The van der Waals surface area contributed by atoms with E-state index in [0.29, 0.717) is 44.0 Å². The standard InChI is InChI=1S/C38H37ClF3N3O2S/c1-27-26-48-36(44-27)23-43-35(46)22-28-11-8-17-32(21-28)47-20-10-19-45(24-31-16-9-18-34(37(31)39)38(40,41)42)25-33(29-12-4-2-5-13-29)30-14-6-3-7-15-30/h2-9,11-18,21,26,33H,10,19-20,22-25H2,1H3,(H,43,46). The Morgan fingerprint density at radius 2 is 1.65 bits per heavy atom. The predicted octanol–water partition coefficient (Wildman–Crippen LogP) is 9.09. The molecule has 0 spiro atoms. The van der Waals surface area contributed by atoms with E-state index in [-0.39, 0.29) is 29.8 Å². The van der Waals surface area contributed by atoms with Crippen LogP contribution in [0.4, 0.5) is 13.2 Å². The molecule has 0 bridgehead atoms. The lowest BCUT2D eigenvalue weighted by atomic mass is 9.90. The lowest BCUT2D eigenvalue weighted by Gasteiger charge is -2.29. The highest BCUT2D eigenvalue weighted by molar-refractivity contribution is 7.09. The Hall–Kier alpha value is -4.18. The highest BCUT2D eigenvalue weighted by Gasteiger charge is 2.34. The SMILES string of the molecule is Cc1csc(CNC(=O)Cc2cccc(OCCCN(Cc3cccc(C(F)(F)F)c3Cl)CC(c3ccccc3)c3ccccc3)c2)n1. The minimum atomic E-state index is -4.54. The summed E-state index contributed by atoms with van der Waals surface area (Å²) in [6.45, 7) is 4.05. The van der Waals surface area contributed by atoms with Crippen molar-refractivity contribution in [1.82, 2.24) is 15.2 Å². The minimum absolute atomic E-state index is 0.0136. The maximum Gasteiger partial charge on any atom is 0.417 e. The molecule has 250 valence electrons. The fourth-order valence-corrected chi connectivity index (χ4v) is 6.56. The molecule has 5 nitrogen and oxygen atoms in total. The Balaban J connectivity index is 1.25. The van der Waals surface area contributed by atoms with E-state index in [9.17, 15) is 18.0 Å². The smallest absolute Gasteiger partial charge is 0.417 e. The average molecular weight is 692 g/mol. The molecule has 0 unspecified atom stereocenters. The second kappa shape index (κ2) is 16.8. The van der Waals surface area contributed by atoms with Gasteiger partial charge >= 0.3 is 6.18 Å². The van der Waals surface area contributed by atoms with Crippen molar-refractivity contribution in [3.05, 3.63) is 152 Å². The van der Waals surface area contributed by atoms with E-state index >= 15 is 0 Å². The fraction of sp³-hybridized carbons (Fsp3) is 0.263. The summed E-state index contributed by atoms with van der Waals surface area (Å²) in [7, 11) is 0. The fourth-order valence-electron chi connectivity index (χ4n) is 5.56. The van der Waals surface area contributed by atoms with Gasteiger partial charge in [-0.3, -0.25) is 9.69 Å². The van der Waals surface area contributed by atoms with Crippen LogP contribution in [-0.4, -0.2) is 35.5 Å². The van der Waals surface area contributed by atoms with Gasteiger partial charge in [-0.2, -0.15) is 13.2 Å². The average Bonchev–Trinajstić information content (AvgIpc) is 3.50. The number of alkyl halides is 3. The molecule has 0 aliphatic rings. The molecule has 0 atom stereocenters. The number of carbonyl (C=O) groups excluding carboxylic acids is 1. The van der Waals surface area contributed by atoms with Gasteiger partial charge in [0.1, 0.15) is 10.8 Å². The molecule has 1 amide bonds. The molecule has 0 aliphatic heterocycles. The Kier molecular flexibility index (Phi) is 12.3. The summed E-state index contributed by atoms with van der Waals surface area (Å²) in [5, 5.41) is 5.45. The van der Waals surface area contributed by atoms with Crippen LogP contribution in [0.25, 0.3) is 0 Å². The van der Waals surface area contributed by atoms with Crippen molar-refractivity contribution in [3.63, 3.8) is 0 Å². The number of carbonyl (C=O) groups is 1. The van der Waals surface area contributed by atoms with Gasteiger partial charge < -0.3 is 10.1 Å². The molecule has 0 saturated heterocycles. The first kappa shape index (κ1) is 35.1. The van der Waals surface area contributed by atoms with Crippen LogP contribution >= 0.6 is 22.9 Å². The Bertz CT molecular complexity index is 1730. The topological polar surface area (TPSA) is 54.5 Å². The Morgan fingerprint density at radius 1 is 0.958 bits per heavy atom. The number of aryl methyl sites for hydroxylation is 1. The number of ether oxygens (including phenoxy) is 1. The quantitative estimate of drug-likeness (QED) is 0.111. The molecule has 1 heterocycles. The number of benzene rings is 4. The first-order valence-electron chi connectivity index (χ1n) is 15.7. The van der Waals surface area contributed by atoms with Crippen LogP contribution in [0.3, 0.4) is 0 Å². The minimum Gasteiger partial charge on any atom is -0.494 e. The van der Waals surface area contributed by atoms with Gasteiger partial charge in [-0.25, -0.2) is 4.98 Å². The predicted molar refractivity (Wildman–Crippen MR) is 185 cm³/mol. The highest BCUT2D eigenvalue weighted by atomic mass is 35.5. The first-order chi connectivity index (χ1) is 23.2. The zero-order valence-corrected chi connectivity index (χ0v) is 28.1. The van der Waals surface area contributed by atoms with Crippen LogP contribution in [0.5, 0.6) is 5.75 Å². The summed E-state index contributed by atoms with van der Waals surface area (Å²) in [5.74, 6) is 0.533. The summed E-state index contributed by atoms with van der Waals surface area (Å²) in [4.78, 5) is 19.0. The molecule has 5 rings (SSSR count). The molecule has 1 N–H and O–H groups in total. The zero-order chi connectivity index (χ0) is 33.9. The van der Waals surface area contributed by atoms with E-state index in [1.807, 2.05) is 73.0 Å². The van der Waals surface area contributed by atoms with Crippen LogP contribution in [-0.2, 0) is 30.5 Å². The molecule has 0 radical (unpaired) electrons. The van der Waals surface area contributed by atoms with Gasteiger partial charge in [0.2, 0.25) is 5.91 Å². The zero-order valence-electron chi connectivity index (χ0n) is 26.6. The van der Waals surface area contributed by atoms with Crippen LogP contribution in [0, 0.1) is 6.92 Å². The van der Waals surface area contributed by atoms with E-state index in [1.54, 1.807) is 6.07 Å². The second-order valence-corrected chi connectivity index (χ2v) is 12.9. The van der Waals surface area contributed by atoms with Crippen LogP contribution in [0.2, 0.25) is 5.02 Å². The number of thiazole rings is 1. The number of rotatable bonds is 15. The third-order valence-corrected chi connectivity index (χ3v) is 9.29. The lowest BCUT2D eigenvalue weighted by Crippen LogP contribution is -2.31. The third kappa shape index (κ3) is 10.2. The Morgan fingerprint density at radius 3 is 2.29 bits per heavy atom. The molecule has 0 saturated carbocycles. The molecule has 4 aromatic carbocycles. The largest absolute Gasteiger partial charge is 0.494 e. The highest BCUT2D eigenvalue weighted by Crippen LogP contribution is 2.37. The van der Waals surface area contributed by atoms with Crippen molar-refractivity contribution in [2.45, 2.75) is 44.9 Å². The monoisotopic (exact) mass is 691 g/mol. The van der Waals surface area contributed by atoms with Gasteiger partial charge in [-0.15, -0.1) is 11.3 Å². The molecule has 0 fully saturated rings. The van der Waals surface area contributed by atoms with Gasteiger partial charge in [0.05, 0.1) is 30.2 Å². The van der Waals surface area contributed by atoms with E-state index < -0.39 is 11.7 Å². The number of hydrogen-bond acceptors (Lipinski definition) is 5. The van der Waals surface area contributed by atoms with Gasteiger partial charge in [0.25, 0.3) is 0 Å². The number of aromatic nitrogens is 1. The number of nitrogens with zero attached hydrogens (tertiary/aromatic N) is 2. The van der Waals surface area contributed by atoms with Crippen molar-refractivity contribution < 1.29 is 22.7 Å². The van der Waals surface area contributed by atoms with E-state index in [0.717, 1.165) is 33.5 Å². The van der Waals surface area contributed by atoms with Crippen molar-refractivity contribution in [1.29, 1.82) is 0 Å². The normalized spacial score (nSPS) is 11.6. The molecular formula is C38H37ClF3N3O2S. The van der Waals surface area contributed by atoms with Crippen molar-refractivity contribution in [3.8, 4) is 5.75 Å². The summed E-state index contributed by atoms with van der Waals surface area (Å²) in [6.07, 6.45) is -3.71. The van der Waals surface area contributed by atoms with Gasteiger partial charge in [0, 0.05) is 36.6 Å². The van der Waals surface area contributed by atoms with Crippen LogP contribution in [0.1, 0.15) is 50.9 Å². The molecule has 1 aromatic heterocycles. The van der Waals surface area contributed by atoms with Gasteiger partial charge in [0.15, 0.2) is 0 Å². The maximum absolute atomic E-state index is 13.7. The van der Waals surface area contributed by atoms with Gasteiger partial charge in [-0.1, -0.05) is 96.5 Å². The molecule has 0 aliphatic carbocycles. The van der Waals surface area contributed by atoms with Crippen LogP contribution in [0.15, 0.2) is 109 Å². The van der Waals surface area contributed by atoms with E-state index in [1.165, 1.54) is 17.4 Å². The molecule has 10 heteroatoms. The van der Waals surface area contributed by atoms with Crippen LogP contribution < -0.4 is 10.1 Å². The van der Waals surface area contributed by atoms with Crippen molar-refractivity contribution >= 4 is 28.8 Å². The van der Waals surface area contributed by atoms with E-state index in [2.05, 4.69) is 39.5 Å². The number of hydrogen-bond donors (Lipinski definition) is 1. The summed E-state index contributed by atoms with van der Waals surface area (Å²) >= 11 is 7.87. The first-order valence-corrected chi connectivity index (χ1v) is 17.0. The number of nitrogens with one attached hydrogen (secondary N) is 1. The summed E-state index contributed by atoms with van der Waals surface area (Å²) in [6, 6.07) is 31.7. The summed E-state index contributed by atoms with van der Waals surface area (Å²) < 4.78 is 47.2. The second-order valence-electron chi connectivity index (χ2n) is 11.6.